The molecule has 0 bridgehead atoms. The van der Waals surface area contributed by atoms with Crippen molar-refractivity contribution in [1.29, 1.82) is 0 Å². The number of pyridine rings is 1. The Morgan fingerprint density at radius 2 is 1.89 bits per heavy atom. The van der Waals surface area contributed by atoms with Crippen LogP contribution in [0.25, 0.3) is 0 Å². The van der Waals surface area contributed by atoms with E-state index in [1.54, 1.807) is 35.2 Å². The number of nitrogens with one attached hydrogen (secondary N) is 1. The van der Waals surface area contributed by atoms with E-state index in [9.17, 15) is 14.0 Å². The third-order valence-corrected chi connectivity index (χ3v) is 4.23. The van der Waals surface area contributed by atoms with Crippen molar-refractivity contribution in [3.63, 3.8) is 0 Å². The number of rotatable bonds is 5. The van der Waals surface area contributed by atoms with Gasteiger partial charge in [0, 0.05) is 39.2 Å². The fraction of sp³-hybridized carbons (Fsp3) is 0.316. The number of aromatic nitrogens is 1. The number of nitrogens with zero attached hydrogens (tertiary/aromatic N) is 3. The third kappa shape index (κ3) is 4.93. The first-order valence-electron chi connectivity index (χ1n) is 8.66. The zero-order valence-corrected chi connectivity index (χ0v) is 15.0. The van der Waals surface area contributed by atoms with Crippen molar-refractivity contribution in [2.24, 2.45) is 0 Å². The molecule has 1 aromatic carbocycles. The molecule has 2 amide bonds. The van der Waals surface area contributed by atoms with Crippen LogP contribution in [0, 0.1) is 5.82 Å². The van der Waals surface area contributed by atoms with Crippen LogP contribution in [0.15, 0.2) is 42.6 Å². The second kappa shape index (κ2) is 8.48. The van der Waals surface area contributed by atoms with E-state index in [2.05, 4.69) is 10.3 Å². The molecule has 142 valence electrons. The molecule has 27 heavy (non-hydrogen) atoms. The third-order valence-electron chi connectivity index (χ3n) is 4.23. The number of para-hydroxylation sites is 1. The standard InChI is InChI=1S/C19H21FN4O3/c1-14(25)22-15-6-7-18(21-12-15)27-13-19(26)24-10-8-23(9-11-24)17-5-3-2-4-16(17)20/h2-7,12H,8-11,13H2,1H3,(H,22,25). The number of amides is 2. The van der Waals surface area contributed by atoms with Gasteiger partial charge in [0.25, 0.3) is 5.91 Å². The summed E-state index contributed by atoms with van der Waals surface area (Å²) in [5.41, 5.74) is 1.12. The second-order valence-electron chi connectivity index (χ2n) is 6.17. The SMILES string of the molecule is CC(=O)Nc1ccc(OCC(=O)N2CCN(c3ccccc3F)CC2)nc1. The van der Waals surface area contributed by atoms with Crippen molar-refractivity contribution < 1.29 is 18.7 Å². The van der Waals surface area contributed by atoms with Gasteiger partial charge in [-0.05, 0) is 18.2 Å². The Morgan fingerprint density at radius 1 is 1.15 bits per heavy atom. The van der Waals surface area contributed by atoms with Crippen LogP contribution >= 0.6 is 0 Å². The number of hydrogen-bond acceptors (Lipinski definition) is 5. The molecular weight excluding hydrogens is 351 g/mol. The summed E-state index contributed by atoms with van der Waals surface area (Å²) in [6.45, 7) is 3.44. The van der Waals surface area contributed by atoms with Crippen molar-refractivity contribution in [3.05, 3.63) is 48.4 Å². The lowest BCUT2D eigenvalue weighted by Crippen LogP contribution is -2.50. The van der Waals surface area contributed by atoms with E-state index < -0.39 is 0 Å². The van der Waals surface area contributed by atoms with Crippen LogP contribution in [0.5, 0.6) is 5.88 Å². The fourth-order valence-corrected chi connectivity index (χ4v) is 2.87. The lowest BCUT2D eigenvalue weighted by molar-refractivity contribution is -0.133. The van der Waals surface area contributed by atoms with Crippen LogP contribution in [-0.2, 0) is 9.59 Å². The van der Waals surface area contributed by atoms with Gasteiger partial charge >= 0.3 is 0 Å². The molecule has 8 heteroatoms. The molecule has 1 aromatic heterocycles. The monoisotopic (exact) mass is 372 g/mol. The molecule has 7 nitrogen and oxygen atoms in total. The van der Waals surface area contributed by atoms with Gasteiger partial charge < -0.3 is 19.9 Å². The maximum atomic E-state index is 13.9. The smallest absolute Gasteiger partial charge is 0.260 e. The molecule has 1 aliphatic heterocycles. The Bertz CT molecular complexity index is 805. The normalized spacial score (nSPS) is 14.0. The number of carbonyl (C=O) groups excluding carboxylic acids is 2. The molecule has 0 aliphatic carbocycles. The van der Waals surface area contributed by atoms with Gasteiger partial charge in [-0.2, -0.15) is 0 Å². The zero-order valence-electron chi connectivity index (χ0n) is 15.0. The predicted octanol–water partition coefficient (Wildman–Crippen LogP) is 1.91. The molecule has 2 heterocycles. The Balaban J connectivity index is 1.47. The van der Waals surface area contributed by atoms with E-state index >= 15 is 0 Å². The lowest BCUT2D eigenvalue weighted by atomic mass is 10.2. The van der Waals surface area contributed by atoms with E-state index in [1.165, 1.54) is 19.2 Å². The second-order valence-corrected chi connectivity index (χ2v) is 6.17. The molecule has 0 spiro atoms. The number of carbonyl (C=O) groups is 2. The van der Waals surface area contributed by atoms with Crippen LogP contribution in [-0.4, -0.2) is 54.5 Å². The average molecular weight is 372 g/mol. The minimum absolute atomic E-state index is 0.119. The Kier molecular flexibility index (Phi) is 5.85. The van der Waals surface area contributed by atoms with Crippen LogP contribution in [0.2, 0.25) is 0 Å². The molecule has 1 aliphatic rings. The highest BCUT2D eigenvalue weighted by atomic mass is 19.1. The number of benzene rings is 1. The summed E-state index contributed by atoms with van der Waals surface area (Å²) >= 11 is 0. The predicted molar refractivity (Wildman–Crippen MR) is 99.2 cm³/mol. The number of hydrogen-bond donors (Lipinski definition) is 1. The van der Waals surface area contributed by atoms with Gasteiger partial charge in [0.1, 0.15) is 5.82 Å². The van der Waals surface area contributed by atoms with Crippen molar-refractivity contribution in [2.75, 3.05) is 43.0 Å². The Hall–Kier alpha value is -3.16. The summed E-state index contributed by atoms with van der Waals surface area (Å²) in [7, 11) is 0. The van der Waals surface area contributed by atoms with Crippen molar-refractivity contribution in [2.45, 2.75) is 6.92 Å². The molecular formula is C19H21FN4O3. The largest absolute Gasteiger partial charge is 0.468 e. The van der Waals surface area contributed by atoms with E-state index in [0.29, 0.717) is 43.4 Å². The molecule has 1 N–H and O–H groups in total. The summed E-state index contributed by atoms with van der Waals surface area (Å²) in [5.74, 6) is -0.275. The van der Waals surface area contributed by atoms with Gasteiger partial charge in [0.15, 0.2) is 6.61 Å². The summed E-state index contributed by atoms with van der Waals surface area (Å²) in [6.07, 6.45) is 1.47. The Morgan fingerprint density at radius 3 is 2.52 bits per heavy atom. The summed E-state index contributed by atoms with van der Waals surface area (Å²) in [6, 6.07) is 9.88. The summed E-state index contributed by atoms with van der Waals surface area (Å²) in [4.78, 5) is 31.0. The van der Waals surface area contributed by atoms with E-state index in [-0.39, 0.29) is 24.2 Å². The van der Waals surface area contributed by atoms with Crippen molar-refractivity contribution in [1.82, 2.24) is 9.88 Å². The first kappa shape index (κ1) is 18.6. The van der Waals surface area contributed by atoms with E-state index in [1.807, 2.05) is 4.90 Å². The lowest BCUT2D eigenvalue weighted by Gasteiger charge is -2.36. The summed E-state index contributed by atoms with van der Waals surface area (Å²) in [5, 5.41) is 2.61. The van der Waals surface area contributed by atoms with Gasteiger partial charge in [0.05, 0.1) is 17.6 Å². The zero-order chi connectivity index (χ0) is 19.2. The number of anilines is 2. The fourth-order valence-electron chi connectivity index (χ4n) is 2.87. The van der Waals surface area contributed by atoms with Gasteiger partial charge in [-0.25, -0.2) is 9.37 Å². The molecule has 1 saturated heterocycles. The molecule has 2 aromatic rings. The molecule has 1 fully saturated rings. The number of ether oxygens (including phenoxy) is 1. The van der Waals surface area contributed by atoms with Gasteiger partial charge in [-0.1, -0.05) is 12.1 Å². The van der Waals surface area contributed by atoms with Crippen LogP contribution in [0.1, 0.15) is 6.92 Å². The quantitative estimate of drug-likeness (QED) is 0.868. The van der Waals surface area contributed by atoms with Gasteiger partial charge in [-0.3, -0.25) is 9.59 Å². The van der Waals surface area contributed by atoms with Crippen LogP contribution < -0.4 is 15.0 Å². The van der Waals surface area contributed by atoms with E-state index in [0.717, 1.165) is 0 Å². The topological polar surface area (TPSA) is 74.8 Å². The first-order valence-corrected chi connectivity index (χ1v) is 8.66. The summed E-state index contributed by atoms with van der Waals surface area (Å²) < 4.78 is 19.3. The van der Waals surface area contributed by atoms with Crippen molar-refractivity contribution >= 4 is 23.2 Å². The maximum Gasteiger partial charge on any atom is 0.260 e. The van der Waals surface area contributed by atoms with Crippen LogP contribution in [0.4, 0.5) is 15.8 Å². The molecule has 3 rings (SSSR count). The highest BCUT2D eigenvalue weighted by Crippen LogP contribution is 2.20. The first-order chi connectivity index (χ1) is 13.0. The van der Waals surface area contributed by atoms with Gasteiger partial charge in [-0.15, -0.1) is 0 Å². The molecule has 0 unspecified atom stereocenters. The van der Waals surface area contributed by atoms with E-state index in [4.69, 9.17) is 4.74 Å². The average Bonchev–Trinajstić information content (AvgIpc) is 2.67. The minimum Gasteiger partial charge on any atom is -0.468 e. The molecule has 0 saturated carbocycles. The maximum absolute atomic E-state index is 13.9. The Labute approximate surface area is 156 Å². The molecule has 0 atom stereocenters. The highest BCUT2D eigenvalue weighted by molar-refractivity contribution is 5.88. The van der Waals surface area contributed by atoms with Crippen molar-refractivity contribution in [3.8, 4) is 5.88 Å². The van der Waals surface area contributed by atoms with Crippen LogP contribution in [0.3, 0.4) is 0 Å². The number of piperazine rings is 1. The highest BCUT2D eigenvalue weighted by Gasteiger charge is 2.23. The van der Waals surface area contributed by atoms with Gasteiger partial charge in [0.2, 0.25) is 11.8 Å². The minimum atomic E-state index is -0.255. The molecule has 0 radical (unpaired) electrons. The number of halogens is 1.